The number of hydrogen-bond donors (Lipinski definition) is 2. The van der Waals surface area contributed by atoms with Crippen LogP contribution < -0.4 is 15.5 Å². The highest BCUT2D eigenvalue weighted by molar-refractivity contribution is 6.66. The van der Waals surface area contributed by atoms with E-state index in [1.54, 1.807) is 6.07 Å². The van der Waals surface area contributed by atoms with Gasteiger partial charge in [0.25, 0.3) is 0 Å². The molecule has 1 heterocycles. The maximum Gasteiger partial charge on any atom is 0.496 e. The van der Waals surface area contributed by atoms with Crippen molar-refractivity contribution in [2.45, 2.75) is 45.3 Å². The Bertz CT molecular complexity index is 592. The molecule has 0 spiro atoms. The second-order valence-corrected chi connectivity index (χ2v) is 7.06. The minimum absolute atomic E-state index is 0.323. The molecule has 0 atom stereocenters. The van der Waals surface area contributed by atoms with E-state index in [1.165, 1.54) is 0 Å². The first-order valence-corrected chi connectivity index (χ1v) is 8.25. The summed E-state index contributed by atoms with van der Waals surface area (Å²) in [5, 5.41) is 11.2. The molecule has 0 aromatic heterocycles. The highest BCUT2D eigenvalue weighted by atomic mass is 35.5. The maximum absolute atomic E-state index is 10.4. The first-order valence-electron chi connectivity index (χ1n) is 7.88. The lowest BCUT2D eigenvalue weighted by Gasteiger charge is -2.32. The van der Waals surface area contributed by atoms with Gasteiger partial charge in [-0.2, -0.15) is 0 Å². The zero-order valence-corrected chi connectivity index (χ0v) is 15.1. The highest BCUT2D eigenvalue weighted by Gasteiger charge is 2.52. The number of rotatable bonds is 6. The zero-order chi connectivity index (χ0) is 18.0. The molecule has 2 N–H and O–H groups in total. The quantitative estimate of drug-likeness (QED) is 0.606. The lowest BCUT2D eigenvalue weighted by Crippen LogP contribution is -2.41. The predicted molar refractivity (Wildman–Crippen MR) is 93.3 cm³/mol. The van der Waals surface area contributed by atoms with E-state index in [4.69, 9.17) is 30.8 Å². The van der Waals surface area contributed by atoms with Crippen molar-refractivity contribution in [3.63, 3.8) is 0 Å². The van der Waals surface area contributed by atoms with Gasteiger partial charge < -0.3 is 24.5 Å². The molecule has 0 radical (unpaired) electrons. The van der Waals surface area contributed by atoms with Crippen molar-refractivity contribution in [3.8, 4) is 5.75 Å². The Morgan fingerprint density at radius 1 is 1.29 bits per heavy atom. The molecule has 2 rings (SSSR count). The van der Waals surface area contributed by atoms with Crippen molar-refractivity contribution in [1.29, 1.82) is 0 Å². The van der Waals surface area contributed by atoms with Crippen molar-refractivity contribution < 1.29 is 23.9 Å². The lowest BCUT2D eigenvalue weighted by atomic mass is 9.79. The van der Waals surface area contributed by atoms with Crippen molar-refractivity contribution in [2.75, 3.05) is 13.2 Å². The van der Waals surface area contributed by atoms with Gasteiger partial charge in [0.15, 0.2) is 0 Å². The third-order valence-corrected chi connectivity index (χ3v) is 4.76. The average Bonchev–Trinajstić information content (AvgIpc) is 2.68. The molecule has 0 bridgehead atoms. The van der Waals surface area contributed by atoms with Gasteiger partial charge in [0.05, 0.1) is 22.8 Å². The minimum Gasteiger partial charge on any atom is -0.492 e. The summed E-state index contributed by atoms with van der Waals surface area (Å²) < 4.78 is 17.7. The molecule has 6 nitrogen and oxygen atoms in total. The molecule has 0 unspecified atom stereocenters. The third kappa shape index (κ3) is 4.15. The van der Waals surface area contributed by atoms with Gasteiger partial charge in [-0.25, -0.2) is 4.79 Å². The van der Waals surface area contributed by atoms with Crippen LogP contribution in [0.5, 0.6) is 5.75 Å². The third-order valence-electron chi connectivity index (χ3n) is 4.36. The molecule has 8 heteroatoms. The van der Waals surface area contributed by atoms with Gasteiger partial charge in [0.1, 0.15) is 5.75 Å². The first kappa shape index (κ1) is 18.9. The summed E-state index contributed by atoms with van der Waals surface area (Å²) >= 11 is 6.44. The summed E-state index contributed by atoms with van der Waals surface area (Å²) in [5.41, 5.74) is -0.169. The summed E-state index contributed by atoms with van der Waals surface area (Å²) in [7, 11) is -0.556. The van der Waals surface area contributed by atoms with Gasteiger partial charge in [-0.05, 0) is 40.2 Å². The van der Waals surface area contributed by atoms with Crippen LogP contribution in [0.3, 0.4) is 0 Å². The molecule has 1 fully saturated rings. The van der Waals surface area contributed by atoms with Gasteiger partial charge in [0, 0.05) is 12.0 Å². The fourth-order valence-corrected chi connectivity index (χ4v) is 2.51. The molecule has 1 aromatic rings. The van der Waals surface area contributed by atoms with Crippen molar-refractivity contribution in [3.05, 3.63) is 23.2 Å². The Kier molecular flexibility index (Phi) is 5.68. The Morgan fingerprint density at radius 2 is 1.92 bits per heavy atom. The van der Waals surface area contributed by atoms with Gasteiger partial charge in [-0.15, -0.1) is 0 Å². The van der Waals surface area contributed by atoms with Crippen molar-refractivity contribution in [1.82, 2.24) is 5.32 Å². The fourth-order valence-electron chi connectivity index (χ4n) is 2.24. The van der Waals surface area contributed by atoms with E-state index < -0.39 is 24.4 Å². The molecule has 132 valence electrons. The van der Waals surface area contributed by atoms with Crippen LogP contribution in [-0.4, -0.2) is 42.7 Å². The number of amides is 1. The fraction of sp³-hybridized carbons (Fsp3) is 0.562. The minimum atomic E-state index is -1.05. The average molecular weight is 356 g/mol. The van der Waals surface area contributed by atoms with Gasteiger partial charge >= 0.3 is 13.2 Å². The van der Waals surface area contributed by atoms with E-state index in [0.717, 1.165) is 5.46 Å². The smallest absolute Gasteiger partial charge is 0.492 e. The van der Waals surface area contributed by atoms with Crippen LogP contribution in [0.4, 0.5) is 4.79 Å². The van der Waals surface area contributed by atoms with Crippen LogP contribution >= 0.6 is 11.6 Å². The standard InChI is InChI=1S/C16H23BClNO5/c1-15(2)16(3,4)24-17(23-15)11-7-5-8-12(13(11)18)22-10-6-9-19-14(20)21/h5,7-8,19H,6,9-10H2,1-4H3,(H,20,21). The van der Waals surface area contributed by atoms with Crippen LogP contribution in [-0.2, 0) is 9.31 Å². The van der Waals surface area contributed by atoms with E-state index >= 15 is 0 Å². The van der Waals surface area contributed by atoms with Crippen LogP contribution in [0.2, 0.25) is 5.02 Å². The van der Waals surface area contributed by atoms with Crippen molar-refractivity contribution >= 4 is 30.3 Å². The number of hydrogen-bond acceptors (Lipinski definition) is 4. The Hall–Kier alpha value is -1.44. The normalized spacial score (nSPS) is 18.5. The van der Waals surface area contributed by atoms with Gasteiger partial charge in [0.2, 0.25) is 0 Å². The zero-order valence-electron chi connectivity index (χ0n) is 14.4. The monoisotopic (exact) mass is 355 g/mol. The number of carbonyl (C=O) groups is 1. The Morgan fingerprint density at radius 3 is 2.50 bits per heavy atom. The molecule has 1 amide bonds. The molecular formula is C16H23BClNO5. The number of carboxylic acid groups (broad SMARTS) is 1. The second-order valence-electron chi connectivity index (χ2n) is 6.68. The van der Waals surface area contributed by atoms with Crippen LogP contribution in [0.1, 0.15) is 34.1 Å². The van der Waals surface area contributed by atoms with Crippen LogP contribution in [0.15, 0.2) is 18.2 Å². The Balaban J connectivity index is 2.02. The molecule has 0 saturated carbocycles. The summed E-state index contributed by atoms with van der Waals surface area (Å²) in [6.45, 7) is 8.61. The second kappa shape index (κ2) is 7.21. The van der Waals surface area contributed by atoms with E-state index in [9.17, 15) is 4.79 Å². The molecule has 0 aliphatic carbocycles. The number of halogens is 1. The van der Waals surface area contributed by atoms with E-state index in [2.05, 4.69) is 5.32 Å². The number of nitrogens with one attached hydrogen (secondary N) is 1. The predicted octanol–water partition coefficient (Wildman–Crippen LogP) is 2.68. The summed E-state index contributed by atoms with van der Waals surface area (Å²) in [6.07, 6.45) is -0.501. The molecule has 1 aromatic carbocycles. The lowest BCUT2D eigenvalue weighted by molar-refractivity contribution is 0.00578. The highest BCUT2D eigenvalue weighted by Crippen LogP contribution is 2.37. The van der Waals surface area contributed by atoms with E-state index in [-0.39, 0.29) is 0 Å². The Labute approximate surface area is 147 Å². The largest absolute Gasteiger partial charge is 0.496 e. The van der Waals surface area contributed by atoms with E-state index in [0.29, 0.717) is 30.3 Å². The van der Waals surface area contributed by atoms with Gasteiger partial charge in [-0.3, -0.25) is 0 Å². The molecule has 1 aliphatic rings. The first-order chi connectivity index (χ1) is 11.1. The van der Waals surface area contributed by atoms with Crippen LogP contribution in [0, 0.1) is 0 Å². The molecule has 24 heavy (non-hydrogen) atoms. The molecule has 1 aliphatic heterocycles. The number of benzene rings is 1. The topological polar surface area (TPSA) is 77.0 Å². The van der Waals surface area contributed by atoms with E-state index in [1.807, 2.05) is 39.8 Å². The summed E-state index contributed by atoms with van der Waals surface area (Å²) in [6, 6.07) is 5.45. The van der Waals surface area contributed by atoms with Crippen molar-refractivity contribution in [2.24, 2.45) is 0 Å². The number of ether oxygens (including phenoxy) is 1. The van der Waals surface area contributed by atoms with Crippen LogP contribution in [0.25, 0.3) is 0 Å². The summed E-state index contributed by atoms with van der Waals surface area (Å²) in [4.78, 5) is 10.4. The maximum atomic E-state index is 10.4. The molecular weight excluding hydrogens is 332 g/mol. The molecule has 1 saturated heterocycles. The van der Waals surface area contributed by atoms with Gasteiger partial charge in [-0.1, -0.05) is 23.7 Å². The SMILES string of the molecule is CC1(C)OB(c2cccc(OCCCNC(=O)O)c2Cl)OC1(C)C. The summed E-state index contributed by atoms with van der Waals surface area (Å²) in [5.74, 6) is 0.527.